The van der Waals surface area contributed by atoms with E-state index in [0.717, 1.165) is 22.7 Å². The Morgan fingerprint density at radius 3 is 2.70 bits per heavy atom. The molecule has 2 aromatic heterocycles. The number of sulfone groups is 1. The molecule has 1 aliphatic rings. The number of nitrogens with one attached hydrogen (secondary N) is 1. The Hall–Kier alpha value is -2.67. The van der Waals surface area contributed by atoms with Crippen LogP contribution in [0, 0.1) is 0 Å². The van der Waals surface area contributed by atoms with Crippen LogP contribution in [0.3, 0.4) is 0 Å². The average Bonchev–Trinajstić information content (AvgIpc) is 3.16. The first kappa shape index (κ1) is 25.0. The lowest BCUT2D eigenvalue weighted by molar-refractivity contribution is 0.0880. The van der Waals surface area contributed by atoms with E-state index in [2.05, 4.69) is 15.4 Å². The van der Waals surface area contributed by atoms with Crippen LogP contribution in [0.25, 0.3) is 0 Å². The molecular formula is C20H26F3N5O4S. The van der Waals surface area contributed by atoms with E-state index in [4.69, 9.17) is 0 Å². The topological polar surface area (TPSA) is 117 Å². The van der Waals surface area contributed by atoms with Gasteiger partial charge in [0, 0.05) is 31.7 Å². The van der Waals surface area contributed by atoms with Gasteiger partial charge in [-0.15, -0.1) is 0 Å². The molecule has 0 aromatic carbocycles. The Morgan fingerprint density at radius 1 is 1.36 bits per heavy atom. The zero-order valence-corrected chi connectivity index (χ0v) is 19.2. The van der Waals surface area contributed by atoms with E-state index in [0.29, 0.717) is 18.5 Å². The molecule has 1 aliphatic heterocycles. The van der Waals surface area contributed by atoms with Gasteiger partial charge in [0.15, 0.2) is 0 Å². The highest BCUT2D eigenvalue weighted by Gasteiger charge is 2.53. The summed E-state index contributed by atoms with van der Waals surface area (Å²) in [5, 5.41) is 12.7. The Kier molecular flexibility index (Phi) is 7.03. The van der Waals surface area contributed by atoms with Gasteiger partial charge in [-0.05, 0) is 45.2 Å². The van der Waals surface area contributed by atoms with Crippen LogP contribution in [0.4, 0.5) is 23.7 Å². The maximum atomic E-state index is 16.1. The third-order valence-electron chi connectivity index (χ3n) is 5.66. The van der Waals surface area contributed by atoms with Crippen molar-refractivity contribution in [1.82, 2.24) is 19.7 Å². The molecule has 1 fully saturated rings. The van der Waals surface area contributed by atoms with Crippen LogP contribution in [-0.2, 0) is 16.9 Å². The summed E-state index contributed by atoms with van der Waals surface area (Å²) < 4.78 is 70.1. The molecule has 3 heterocycles. The Morgan fingerprint density at radius 2 is 2.06 bits per heavy atom. The number of aliphatic hydroxyl groups excluding tert-OH is 1. The maximum Gasteiger partial charge on any atom is 0.322 e. The molecule has 9 nitrogen and oxygen atoms in total. The second-order valence-electron chi connectivity index (χ2n) is 8.12. The molecule has 33 heavy (non-hydrogen) atoms. The van der Waals surface area contributed by atoms with Gasteiger partial charge in [0.25, 0.3) is 6.43 Å². The first-order valence-electron chi connectivity index (χ1n) is 10.3. The number of carbonyl (C=O) groups excluding carboxylic acids is 1. The van der Waals surface area contributed by atoms with Crippen molar-refractivity contribution in [1.29, 1.82) is 0 Å². The third kappa shape index (κ3) is 4.83. The van der Waals surface area contributed by atoms with Crippen molar-refractivity contribution in [3.63, 3.8) is 0 Å². The standard InChI is InChI=1S/C20H26F3N5O4S/c1-12(29)14-10-13(7-8-24-14)25-19(30)28-9-5-4-6-16(28)20(2,23)33(31,32)15-11-27(3)26-17(15)18(21)22/h7-8,10-12,16,18,29H,4-6,9H2,1-3H3,(H,24,25,30)/t12-,16?,20-/m0/s1. The summed E-state index contributed by atoms with van der Waals surface area (Å²) in [6.07, 6.45) is -0.872. The number of nitrogens with zero attached hydrogens (tertiary/aromatic N) is 4. The lowest BCUT2D eigenvalue weighted by atomic mass is 9.99. The summed E-state index contributed by atoms with van der Waals surface area (Å²) in [6.45, 7) is 2.37. The molecule has 0 spiro atoms. The van der Waals surface area contributed by atoms with Crippen LogP contribution in [0.15, 0.2) is 29.4 Å². The zero-order chi connectivity index (χ0) is 24.6. The number of urea groups is 1. The molecule has 182 valence electrons. The molecule has 2 N–H and O–H groups in total. The van der Waals surface area contributed by atoms with Crippen molar-refractivity contribution in [3.8, 4) is 0 Å². The molecule has 3 atom stereocenters. The fourth-order valence-corrected chi connectivity index (χ4v) is 5.63. The zero-order valence-electron chi connectivity index (χ0n) is 18.4. The van der Waals surface area contributed by atoms with Gasteiger partial charge >= 0.3 is 6.03 Å². The van der Waals surface area contributed by atoms with Gasteiger partial charge in [0.1, 0.15) is 10.6 Å². The highest BCUT2D eigenvalue weighted by atomic mass is 32.2. The van der Waals surface area contributed by atoms with Crippen LogP contribution >= 0.6 is 0 Å². The number of aliphatic hydroxyl groups is 1. The number of carbonyl (C=O) groups is 1. The predicted octanol–water partition coefficient (Wildman–Crippen LogP) is 3.35. The quantitative estimate of drug-likeness (QED) is 0.643. The second kappa shape index (κ2) is 9.29. The second-order valence-corrected chi connectivity index (χ2v) is 10.4. The molecule has 2 amide bonds. The first-order valence-corrected chi connectivity index (χ1v) is 11.8. The molecule has 2 aromatic rings. The minimum Gasteiger partial charge on any atom is -0.387 e. The van der Waals surface area contributed by atoms with Gasteiger partial charge in [-0.2, -0.15) is 5.10 Å². The summed E-state index contributed by atoms with van der Waals surface area (Å²) in [4.78, 5) is 17.1. The normalized spacial score (nSPS) is 19.9. The summed E-state index contributed by atoms with van der Waals surface area (Å²) in [7, 11) is -3.68. The minimum atomic E-state index is -4.94. The van der Waals surface area contributed by atoms with Crippen LogP contribution in [-0.4, -0.2) is 56.8 Å². The number of aromatic nitrogens is 3. The van der Waals surface area contributed by atoms with E-state index in [9.17, 15) is 27.1 Å². The smallest absolute Gasteiger partial charge is 0.322 e. The van der Waals surface area contributed by atoms with Crippen molar-refractivity contribution in [2.45, 2.75) is 61.6 Å². The van der Waals surface area contributed by atoms with Crippen LogP contribution < -0.4 is 5.32 Å². The van der Waals surface area contributed by atoms with E-state index in [-0.39, 0.29) is 18.7 Å². The number of hydrogen-bond donors (Lipinski definition) is 2. The lowest BCUT2D eigenvalue weighted by Crippen LogP contribution is -2.57. The summed E-state index contributed by atoms with van der Waals surface area (Å²) >= 11 is 0. The monoisotopic (exact) mass is 489 g/mol. The van der Waals surface area contributed by atoms with Crippen molar-refractivity contribution in [2.75, 3.05) is 11.9 Å². The molecule has 0 bridgehead atoms. The van der Waals surface area contributed by atoms with Gasteiger partial charge in [0.2, 0.25) is 14.8 Å². The average molecular weight is 490 g/mol. The number of halogens is 3. The largest absolute Gasteiger partial charge is 0.387 e. The lowest BCUT2D eigenvalue weighted by Gasteiger charge is -2.41. The number of hydrogen-bond acceptors (Lipinski definition) is 6. The molecule has 1 unspecified atom stereocenters. The van der Waals surface area contributed by atoms with Crippen LogP contribution in [0.5, 0.6) is 0 Å². The van der Waals surface area contributed by atoms with E-state index in [1.54, 1.807) is 0 Å². The summed E-state index contributed by atoms with van der Waals surface area (Å²) in [5.41, 5.74) is -0.446. The van der Waals surface area contributed by atoms with Gasteiger partial charge in [-0.1, -0.05) is 0 Å². The number of amides is 2. The number of alkyl halides is 3. The van der Waals surface area contributed by atoms with Crippen LogP contribution in [0.2, 0.25) is 0 Å². The highest BCUT2D eigenvalue weighted by molar-refractivity contribution is 7.92. The Labute approximate surface area is 189 Å². The highest BCUT2D eigenvalue weighted by Crippen LogP contribution is 2.40. The van der Waals surface area contributed by atoms with Crippen molar-refractivity contribution >= 4 is 21.6 Å². The van der Waals surface area contributed by atoms with E-state index >= 15 is 4.39 Å². The maximum absolute atomic E-state index is 16.1. The number of pyridine rings is 1. The van der Waals surface area contributed by atoms with Gasteiger partial charge in [-0.25, -0.2) is 26.4 Å². The fourth-order valence-electron chi connectivity index (χ4n) is 3.90. The molecule has 13 heteroatoms. The molecule has 1 saturated heterocycles. The number of rotatable bonds is 6. The van der Waals surface area contributed by atoms with E-state index < -0.39 is 50.0 Å². The van der Waals surface area contributed by atoms with E-state index in [1.807, 2.05) is 0 Å². The van der Waals surface area contributed by atoms with Crippen molar-refractivity contribution < 1.29 is 31.5 Å². The molecule has 0 aliphatic carbocycles. The number of piperidine rings is 1. The predicted molar refractivity (Wildman–Crippen MR) is 113 cm³/mol. The van der Waals surface area contributed by atoms with Crippen molar-refractivity contribution in [2.24, 2.45) is 7.05 Å². The third-order valence-corrected chi connectivity index (χ3v) is 7.88. The Balaban J connectivity index is 1.93. The van der Waals surface area contributed by atoms with Gasteiger partial charge in [-0.3, -0.25) is 9.67 Å². The van der Waals surface area contributed by atoms with Gasteiger partial charge in [0.05, 0.1) is 17.8 Å². The minimum absolute atomic E-state index is 0.0270. The number of likely N-dealkylation sites (tertiary alicyclic amines) is 1. The fraction of sp³-hybridized carbons (Fsp3) is 0.550. The molecule has 0 saturated carbocycles. The summed E-state index contributed by atoms with van der Waals surface area (Å²) in [6, 6.07) is 0.748. The Bertz CT molecular complexity index is 1120. The molecule has 3 rings (SSSR count). The van der Waals surface area contributed by atoms with E-state index in [1.165, 1.54) is 32.3 Å². The molecule has 0 radical (unpaired) electrons. The van der Waals surface area contributed by atoms with Crippen LogP contribution in [0.1, 0.15) is 57.0 Å². The summed E-state index contributed by atoms with van der Waals surface area (Å²) in [5.74, 6) is 0. The number of anilines is 1. The van der Waals surface area contributed by atoms with Crippen molar-refractivity contribution in [3.05, 3.63) is 35.9 Å². The molecular weight excluding hydrogens is 463 g/mol. The van der Waals surface area contributed by atoms with Gasteiger partial charge < -0.3 is 15.3 Å². The number of aryl methyl sites for hydroxylation is 1. The SMILES string of the molecule is C[C@H](O)c1cc(NC(=O)N2CCCCC2[C@@](C)(F)S(=O)(=O)c2cn(C)nc2C(F)F)ccn1. The first-order chi connectivity index (χ1) is 15.4.